The van der Waals surface area contributed by atoms with Crippen molar-refractivity contribution in [2.75, 3.05) is 45.5 Å². The minimum absolute atomic E-state index is 0.299. The standard InChI is InChI=1S/C15H25N3O2S/c1-3-16-13-15(14-7-5-4-6-8-14)17-9-11-18(12-10-17)21(2,19)20/h4-8,15-16H,3,9-13H2,1-2H3. The van der Waals surface area contributed by atoms with Gasteiger partial charge < -0.3 is 5.32 Å². The van der Waals surface area contributed by atoms with Gasteiger partial charge in [0.05, 0.1) is 6.26 Å². The highest BCUT2D eigenvalue weighted by atomic mass is 32.2. The van der Waals surface area contributed by atoms with Crippen LogP contribution in [-0.4, -0.2) is 63.1 Å². The lowest BCUT2D eigenvalue weighted by Crippen LogP contribution is -2.50. The minimum Gasteiger partial charge on any atom is -0.315 e. The Morgan fingerprint density at radius 3 is 2.29 bits per heavy atom. The Kier molecular flexibility index (Phi) is 5.75. The number of hydrogen-bond donors (Lipinski definition) is 1. The van der Waals surface area contributed by atoms with E-state index in [1.165, 1.54) is 11.8 Å². The Hall–Kier alpha value is -0.950. The first kappa shape index (κ1) is 16.4. The van der Waals surface area contributed by atoms with Gasteiger partial charge in [-0.15, -0.1) is 0 Å². The smallest absolute Gasteiger partial charge is 0.211 e. The van der Waals surface area contributed by atoms with Gasteiger partial charge >= 0.3 is 0 Å². The highest BCUT2D eigenvalue weighted by Gasteiger charge is 2.28. The summed E-state index contributed by atoms with van der Waals surface area (Å²) in [5, 5.41) is 3.41. The molecule has 0 amide bonds. The van der Waals surface area contributed by atoms with E-state index in [9.17, 15) is 8.42 Å². The van der Waals surface area contributed by atoms with Crippen LogP contribution in [-0.2, 0) is 10.0 Å². The summed E-state index contributed by atoms with van der Waals surface area (Å²) in [6.07, 6.45) is 1.29. The van der Waals surface area contributed by atoms with E-state index < -0.39 is 10.0 Å². The third-order valence-corrected chi connectivity index (χ3v) is 5.26. The van der Waals surface area contributed by atoms with Crippen molar-refractivity contribution in [3.63, 3.8) is 0 Å². The molecule has 5 nitrogen and oxygen atoms in total. The highest BCUT2D eigenvalue weighted by molar-refractivity contribution is 7.88. The number of benzene rings is 1. The zero-order chi connectivity index (χ0) is 15.3. The lowest BCUT2D eigenvalue weighted by atomic mass is 10.0. The van der Waals surface area contributed by atoms with Crippen molar-refractivity contribution < 1.29 is 8.42 Å². The average molecular weight is 311 g/mol. The van der Waals surface area contributed by atoms with Gasteiger partial charge in [-0.25, -0.2) is 8.42 Å². The molecule has 1 fully saturated rings. The SMILES string of the molecule is CCNCC(c1ccccc1)N1CCN(S(C)(=O)=O)CC1. The summed E-state index contributed by atoms with van der Waals surface area (Å²) in [6.45, 7) is 6.63. The third-order valence-electron chi connectivity index (χ3n) is 3.96. The van der Waals surface area contributed by atoms with Crippen LogP contribution < -0.4 is 5.32 Å². The molecule has 0 saturated carbocycles. The summed E-state index contributed by atoms with van der Waals surface area (Å²) in [5.41, 5.74) is 1.28. The summed E-state index contributed by atoms with van der Waals surface area (Å²) in [4.78, 5) is 2.37. The molecular weight excluding hydrogens is 286 g/mol. The van der Waals surface area contributed by atoms with Crippen LogP contribution in [0.3, 0.4) is 0 Å². The summed E-state index contributed by atoms with van der Waals surface area (Å²) in [5.74, 6) is 0. The molecule has 1 aliphatic rings. The second kappa shape index (κ2) is 7.35. The fourth-order valence-electron chi connectivity index (χ4n) is 2.76. The molecule has 21 heavy (non-hydrogen) atoms. The maximum Gasteiger partial charge on any atom is 0.211 e. The number of piperazine rings is 1. The van der Waals surface area contributed by atoms with Crippen molar-refractivity contribution in [3.8, 4) is 0 Å². The molecule has 6 heteroatoms. The first-order valence-corrected chi connectivity index (χ1v) is 9.32. The topological polar surface area (TPSA) is 52.6 Å². The molecule has 2 rings (SSSR count). The largest absolute Gasteiger partial charge is 0.315 e. The van der Waals surface area contributed by atoms with Gasteiger partial charge in [0.15, 0.2) is 0 Å². The number of hydrogen-bond acceptors (Lipinski definition) is 4. The van der Waals surface area contributed by atoms with Crippen LogP contribution in [0.2, 0.25) is 0 Å². The molecular formula is C15H25N3O2S. The molecule has 0 spiro atoms. The van der Waals surface area contributed by atoms with Gasteiger partial charge in [0.1, 0.15) is 0 Å². The summed E-state index contributed by atoms with van der Waals surface area (Å²) < 4.78 is 24.8. The van der Waals surface area contributed by atoms with Gasteiger partial charge in [0, 0.05) is 38.8 Å². The van der Waals surface area contributed by atoms with Crippen LogP contribution in [0.25, 0.3) is 0 Å². The summed E-state index contributed by atoms with van der Waals surface area (Å²) >= 11 is 0. The molecule has 1 heterocycles. The maximum absolute atomic E-state index is 11.6. The monoisotopic (exact) mass is 311 g/mol. The predicted octanol–water partition coefficient (Wildman–Crippen LogP) is 0.914. The molecule has 0 aliphatic carbocycles. The van der Waals surface area contributed by atoms with E-state index in [0.717, 1.165) is 26.2 Å². The van der Waals surface area contributed by atoms with E-state index in [1.807, 2.05) is 6.07 Å². The van der Waals surface area contributed by atoms with E-state index in [4.69, 9.17) is 0 Å². The van der Waals surface area contributed by atoms with Crippen LogP contribution in [0.4, 0.5) is 0 Å². The maximum atomic E-state index is 11.6. The number of rotatable bonds is 6. The van der Waals surface area contributed by atoms with E-state index in [1.54, 1.807) is 4.31 Å². The molecule has 0 aromatic heterocycles. The van der Waals surface area contributed by atoms with Crippen molar-refractivity contribution in [2.24, 2.45) is 0 Å². The summed E-state index contributed by atoms with van der Waals surface area (Å²) in [7, 11) is -3.07. The molecule has 1 aromatic carbocycles. The molecule has 1 saturated heterocycles. The quantitative estimate of drug-likeness (QED) is 0.849. The van der Waals surface area contributed by atoms with Crippen LogP contribution in [0.5, 0.6) is 0 Å². The highest BCUT2D eigenvalue weighted by Crippen LogP contribution is 2.22. The van der Waals surface area contributed by atoms with E-state index in [0.29, 0.717) is 19.1 Å². The average Bonchev–Trinajstić information content (AvgIpc) is 2.48. The number of likely N-dealkylation sites (N-methyl/N-ethyl adjacent to an activating group) is 1. The van der Waals surface area contributed by atoms with Crippen LogP contribution in [0.1, 0.15) is 18.5 Å². The number of nitrogens with one attached hydrogen (secondary N) is 1. The first-order valence-electron chi connectivity index (χ1n) is 7.47. The zero-order valence-electron chi connectivity index (χ0n) is 12.8. The van der Waals surface area contributed by atoms with Crippen LogP contribution in [0.15, 0.2) is 30.3 Å². The van der Waals surface area contributed by atoms with Gasteiger partial charge in [-0.3, -0.25) is 4.90 Å². The molecule has 1 atom stereocenters. The molecule has 1 aromatic rings. The van der Waals surface area contributed by atoms with E-state index in [2.05, 4.69) is 41.4 Å². The molecule has 1 aliphatic heterocycles. The Morgan fingerprint density at radius 1 is 1.14 bits per heavy atom. The number of nitrogens with zero attached hydrogens (tertiary/aromatic N) is 2. The van der Waals surface area contributed by atoms with E-state index in [-0.39, 0.29) is 0 Å². The Labute approximate surface area is 128 Å². The normalized spacial score (nSPS) is 19.5. The third kappa shape index (κ3) is 4.51. The summed E-state index contributed by atoms with van der Waals surface area (Å²) in [6, 6.07) is 10.7. The van der Waals surface area contributed by atoms with Crippen molar-refractivity contribution in [1.29, 1.82) is 0 Å². The van der Waals surface area contributed by atoms with E-state index >= 15 is 0 Å². The first-order chi connectivity index (χ1) is 10.0. The van der Waals surface area contributed by atoms with Crippen molar-refractivity contribution in [3.05, 3.63) is 35.9 Å². The fraction of sp³-hybridized carbons (Fsp3) is 0.600. The molecule has 1 N–H and O–H groups in total. The van der Waals surface area contributed by atoms with Gasteiger partial charge in [0.25, 0.3) is 0 Å². The Morgan fingerprint density at radius 2 is 1.76 bits per heavy atom. The minimum atomic E-state index is -3.07. The van der Waals surface area contributed by atoms with Crippen molar-refractivity contribution in [2.45, 2.75) is 13.0 Å². The lowest BCUT2D eigenvalue weighted by molar-refractivity contribution is 0.135. The predicted molar refractivity (Wildman–Crippen MR) is 85.7 cm³/mol. The lowest BCUT2D eigenvalue weighted by Gasteiger charge is -2.38. The Bertz CT molecular complexity index is 525. The molecule has 1 unspecified atom stereocenters. The van der Waals surface area contributed by atoms with Crippen molar-refractivity contribution >= 4 is 10.0 Å². The van der Waals surface area contributed by atoms with Crippen LogP contribution >= 0.6 is 0 Å². The molecule has 0 bridgehead atoms. The van der Waals surface area contributed by atoms with Crippen LogP contribution in [0, 0.1) is 0 Å². The van der Waals surface area contributed by atoms with Crippen molar-refractivity contribution in [1.82, 2.24) is 14.5 Å². The molecule has 0 radical (unpaired) electrons. The van der Waals surface area contributed by atoms with Gasteiger partial charge in [-0.1, -0.05) is 37.3 Å². The van der Waals surface area contributed by atoms with Gasteiger partial charge in [-0.2, -0.15) is 4.31 Å². The molecule has 118 valence electrons. The zero-order valence-corrected chi connectivity index (χ0v) is 13.6. The second-order valence-electron chi connectivity index (χ2n) is 5.43. The van der Waals surface area contributed by atoms with Gasteiger partial charge in [-0.05, 0) is 12.1 Å². The fourth-order valence-corrected chi connectivity index (χ4v) is 3.59. The second-order valence-corrected chi connectivity index (χ2v) is 7.41. The number of sulfonamides is 1. The van der Waals surface area contributed by atoms with Gasteiger partial charge in [0.2, 0.25) is 10.0 Å². The Balaban J connectivity index is 2.06.